The summed E-state index contributed by atoms with van der Waals surface area (Å²) in [5.74, 6) is 2.30. The lowest BCUT2D eigenvalue weighted by Gasteiger charge is -2.28. The van der Waals surface area contributed by atoms with E-state index >= 15 is 0 Å². The van der Waals surface area contributed by atoms with Crippen molar-refractivity contribution in [2.75, 3.05) is 20.3 Å². The molecule has 1 unspecified atom stereocenters. The van der Waals surface area contributed by atoms with Gasteiger partial charge in [0.1, 0.15) is 18.5 Å². The van der Waals surface area contributed by atoms with Crippen LogP contribution in [0.2, 0.25) is 0 Å². The van der Waals surface area contributed by atoms with Crippen molar-refractivity contribution in [2.24, 2.45) is 7.05 Å². The summed E-state index contributed by atoms with van der Waals surface area (Å²) in [5, 5.41) is 6.04. The van der Waals surface area contributed by atoms with E-state index in [1.807, 2.05) is 36.0 Å². The second kappa shape index (κ2) is 7.48. The van der Waals surface area contributed by atoms with Gasteiger partial charge in [0.25, 0.3) is 0 Å². The third kappa shape index (κ3) is 3.57. The maximum Gasteiger partial charge on any atom is 0.315 e. The molecule has 0 spiro atoms. The fourth-order valence-electron chi connectivity index (χ4n) is 3.69. The Labute approximate surface area is 157 Å². The summed E-state index contributed by atoms with van der Waals surface area (Å²) in [6, 6.07) is 5.37. The molecule has 1 saturated heterocycles. The summed E-state index contributed by atoms with van der Waals surface area (Å²) < 4.78 is 18.9. The summed E-state index contributed by atoms with van der Waals surface area (Å²) in [6.45, 7) is 1.01. The second-order valence-corrected chi connectivity index (χ2v) is 6.86. The van der Waals surface area contributed by atoms with Crippen LogP contribution in [0.15, 0.2) is 30.6 Å². The molecule has 4 rings (SSSR count). The van der Waals surface area contributed by atoms with Crippen molar-refractivity contribution in [1.29, 1.82) is 0 Å². The van der Waals surface area contributed by atoms with Gasteiger partial charge in [-0.1, -0.05) is 12.1 Å². The van der Waals surface area contributed by atoms with Crippen LogP contribution >= 0.6 is 0 Å². The summed E-state index contributed by atoms with van der Waals surface area (Å²) >= 11 is 0. The number of hydrogen-bond acceptors (Lipinski definition) is 5. The van der Waals surface area contributed by atoms with Gasteiger partial charge in [-0.25, -0.2) is 9.78 Å². The van der Waals surface area contributed by atoms with Crippen molar-refractivity contribution in [3.63, 3.8) is 0 Å². The Balaban J connectivity index is 1.36. The average molecular weight is 372 g/mol. The standard InChI is InChI=1S/C19H24N4O4/c1-23-8-7-20-18(23)17-14(6-9-26-17)22-19(24)21-13-10-12-4-3-5-15(25-2)16(12)27-11-13/h3-5,7-8,13-14,17H,6,9-11H2,1-2H3,(H2,21,22,24)/t13?,14-,17-/m1/s1. The van der Waals surface area contributed by atoms with Crippen LogP contribution in [0, 0.1) is 0 Å². The van der Waals surface area contributed by atoms with Gasteiger partial charge >= 0.3 is 6.03 Å². The maximum absolute atomic E-state index is 12.5. The van der Waals surface area contributed by atoms with E-state index in [-0.39, 0.29) is 24.2 Å². The number of fused-ring (bicyclic) bond motifs is 1. The van der Waals surface area contributed by atoms with Gasteiger partial charge in [-0.15, -0.1) is 0 Å². The molecule has 2 N–H and O–H groups in total. The summed E-state index contributed by atoms with van der Waals surface area (Å²) in [5.41, 5.74) is 1.03. The first-order chi connectivity index (χ1) is 13.2. The molecular weight excluding hydrogens is 348 g/mol. The van der Waals surface area contributed by atoms with Gasteiger partial charge in [-0.3, -0.25) is 0 Å². The lowest BCUT2D eigenvalue weighted by molar-refractivity contribution is 0.0906. The van der Waals surface area contributed by atoms with Crippen molar-refractivity contribution >= 4 is 6.03 Å². The number of rotatable bonds is 4. The first kappa shape index (κ1) is 17.7. The van der Waals surface area contributed by atoms with E-state index in [0.717, 1.165) is 29.3 Å². The predicted octanol–water partition coefficient (Wildman–Crippen LogP) is 1.56. The Morgan fingerprint density at radius 2 is 2.26 bits per heavy atom. The molecular formula is C19H24N4O4. The lowest BCUT2D eigenvalue weighted by Crippen LogP contribution is -2.50. The molecule has 27 heavy (non-hydrogen) atoms. The molecule has 2 aliphatic heterocycles. The van der Waals surface area contributed by atoms with E-state index in [4.69, 9.17) is 14.2 Å². The zero-order valence-electron chi connectivity index (χ0n) is 15.5. The molecule has 0 aliphatic carbocycles. The normalized spacial score (nSPS) is 24.0. The highest BCUT2D eigenvalue weighted by atomic mass is 16.5. The van der Waals surface area contributed by atoms with Gasteiger partial charge in [-0.2, -0.15) is 0 Å². The number of carbonyl (C=O) groups is 1. The Morgan fingerprint density at radius 1 is 1.37 bits per heavy atom. The minimum Gasteiger partial charge on any atom is -0.493 e. The van der Waals surface area contributed by atoms with Crippen LogP contribution in [-0.2, 0) is 18.2 Å². The van der Waals surface area contributed by atoms with Crippen LogP contribution in [0.1, 0.15) is 23.9 Å². The van der Waals surface area contributed by atoms with Crippen LogP contribution in [-0.4, -0.2) is 48.0 Å². The molecule has 8 heteroatoms. The molecule has 3 heterocycles. The Kier molecular flexibility index (Phi) is 4.89. The van der Waals surface area contributed by atoms with Gasteiger partial charge in [0, 0.05) is 31.6 Å². The molecule has 8 nitrogen and oxygen atoms in total. The fraction of sp³-hybridized carbons (Fsp3) is 0.474. The number of methoxy groups -OCH3 is 1. The van der Waals surface area contributed by atoms with Crippen molar-refractivity contribution in [3.8, 4) is 11.5 Å². The zero-order chi connectivity index (χ0) is 18.8. The van der Waals surface area contributed by atoms with Crippen molar-refractivity contribution < 1.29 is 19.0 Å². The van der Waals surface area contributed by atoms with Crippen molar-refractivity contribution in [1.82, 2.24) is 20.2 Å². The Morgan fingerprint density at radius 3 is 3.04 bits per heavy atom. The molecule has 1 aromatic carbocycles. The lowest BCUT2D eigenvalue weighted by atomic mass is 10.0. The topological polar surface area (TPSA) is 86.6 Å². The van der Waals surface area contributed by atoms with Gasteiger partial charge in [0.05, 0.1) is 19.2 Å². The largest absolute Gasteiger partial charge is 0.493 e. The average Bonchev–Trinajstić information content (AvgIpc) is 3.29. The number of ether oxygens (including phenoxy) is 3. The van der Waals surface area contributed by atoms with E-state index in [2.05, 4.69) is 15.6 Å². The van der Waals surface area contributed by atoms with E-state index < -0.39 is 0 Å². The predicted molar refractivity (Wildman–Crippen MR) is 98.0 cm³/mol. The van der Waals surface area contributed by atoms with Gasteiger partial charge in [0.2, 0.25) is 0 Å². The number of amides is 2. The van der Waals surface area contributed by atoms with E-state index in [9.17, 15) is 4.79 Å². The van der Waals surface area contributed by atoms with Crippen LogP contribution < -0.4 is 20.1 Å². The molecule has 2 aromatic rings. The number of para-hydroxylation sites is 1. The molecule has 3 atom stereocenters. The summed E-state index contributed by atoms with van der Waals surface area (Å²) in [4.78, 5) is 16.9. The van der Waals surface area contributed by atoms with Crippen LogP contribution in [0.5, 0.6) is 11.5 Å². The van der Waals surface area contributed by atoms with Crippen molar-refractivity contribution in [2.45, 2.75) is 31.0 Å². The first-order valence-electron chi connectivity index (χ1n) is 9.10. The third-order valence-electron chi connectivity index (χ3n) is 5.03. The molecule has 0 radical (unpaired) electrons. The SMILES string of the molecule is COc1cccc2c1OCC(NC(=O)N[C@@H]1CCO[C@H]1c1nccn1C)C2. The fourth-order valence-corrected chi connectivity index (χ4v) is 3.69. The highest BCUT2D eigenvalue weighted by molar-refractivity contribution is 5.75. The number of aryl methyl sites for hydroxylation is 1. The van der Waals surface area contributed by atoms with Crippen molar-refractivity contribution in [3.05, 3.63) is 42.0 Å². The number of carbonyl (C=O) groups excluding carboxylic acids is 1. The number of hydrogen-bond donors (Lipinski definition) is 2. The van der Waals surface area contributed by atoms with Crippen LogP contribution in [0.3, 0.4) is 0 Å². The molecule has 2 amide bonds. The molecule has 1 fully saturated rings. The number of aromatic nitrogens is 2. The number of urea groups is 1. The number of nitrogens with zero attached hydrogens (tertiary/aromatic N) is 2. The highest BCUT2D eigenvalue weighted by Gasteiger charge is 2.34. The number of imidazole rings is 1. The zero-order valence-corrected chi connectivity index (χ0v) is 15.5. The van der Waals surface area contributed by atoms with E-state index in [1.54, 1.807) is 13.3 Å². The van der Waals surface area contributed by atoms with Gasteiger partial charge < -0.3 is 29.4 Å². The minimum absolute atomic E-state index is 0.0986. The maximum atomic E-state index is 12.5. The smallest absolute Gasteiger partial charge is 0.315 e. The number of nitrogens with one attached hydrogen (secondary N) is 2. The Bertz CT molecular complexity index is 822. The minimum atomic E-state index is -0.233. The second-order valence-electron chi connectivity index (χ2n) is 6.86. The highest BCUT2D eigenvalue weighted by Crippen LogP contribution is 2.34. The summed E-state index contributed by atoms with van der Waals surface area (Å²) in [6.07, 6.45) is 4.83. The molecule has 0 bridgehead atoms. The first-order valence-corrected chi connectivity index (χ1v) is 9.10. The van der Waals surface area contributed by atoms with E-state index in [1.165, 1.54) is 0 Å². The molecule has 144 valence electrons. The van der Waals surface area contributed by atoms with Gasteiger partial charge in [-0.05, 0) is 18.9 Å². The van der Waals surface area contributed by atoms with Crippen LogP contribution in [0.25, 0.3) is 0 Å². The monoisotopic (exact) mass is 372 g/mol. The summed E-state index contributed by atoms with van der Waals surface area (Å²) in [7, 11) is 3.55. The molecule has 0 saturated carbocycles. The third-order valence-corrected chi connectivity index (χ3v) is 5.03. The van der Waals surface area contributed by atoms with Crippen LogP contribution in [0.4, 0.5) is 4.79 Å². The molecule has 1 aromatic heterocycles. The Hall–Kier alpha value is -2.74. The molecule has 2 aliphatic rings. The quantitative estimate of drug-likeness (QED) is 0.851. The van der Waals surface area contributed by atoms with Gasteiger partial charge in [0.15, 0.2) is 11.5 Å². The van der Waals surface area contributed by atoms with E-state index in [0.29, 0.717) is 19.6 Å². The number of benzene rings is 1.